The van der Waals surface area contributed by atoms with E-state index in [2.05, 4.69) is 17.1 Å². The lowest BCUT2D eigenvalue weighted by molar-refractivity contribution is -0.00477. The number of nitrogens with one attached hydrogen (secondary N) is 1. The molecule has 1 N–H and O–H groups in total. The van der Waals surface area contributed by atoms with Crippen LogP contribution in [0.15, 0.2) is 18.2 Å². The topological polar surface area (TPSA) is 24.5 Å². The summed E-state index contributed by atoms with van der Waals surface area (Å²) in [4.78, 5) is 2.09. The van der Waals surface area contributed by atoms with Crippen LogP contribution >= 0.6 is 0 Å². The van der Waals surface area contributed by atoms with Gasteiger partial charge in [0.15, 0.2) is 0 Å². The van der Waals surface area contributed by atoms with E-state index in [1.807, 2.05) is 26.1 Å². The smallest absolute Gasteiger partial charge is 0.146 e. The SMILES string of the molecule is CNC(C)c1ccc(N2CCCC(C)(OC)C2)c(F)c1. The first kappa shape index (κ1) is 15.3. The number of piperidine rings is 1. The van der Waals surface area contributed by atoms with Crippen LogP contribution in [0.4, 0.5) is 10.1 Å². The minimum absolute atomic E-state index is 0.148. The summed E-state index contributed by atoms with van der Waals surface area (Å²) in [5.74, 6) is -0.148. The molecule has 20 heavy (non-hydrogen) atoms. The molecule has 2 atom stereocenters. The number of methoxy groups -OCH3 is 1. The van der Waals surface area contributed by atoms with Crippen molar-refractivity contribution in [1.29, 1.82) is 0 Å². The number of hydrogen-bond acceptors (Lipinski definition) is 3. The van der Waals surface area contributed by atoms with Gasteiger partial charge in [0.1, 0.15) is 5.82 Å². The second-order valence-corrected chi connectivity index (χ2v) is 5.90. The van der Waals surface area contributed by atoms with Gasteiger partial charge in [0.05, 0.1) is 11.3 Å². The Bertz CT molecular complexity index is 466. The third-order valence-electron chi connectivity index (χ3n) is 4.40. The molecule has 0 amide bonds. The van der Waals surface area contributed by atoms with Crippen molar-refractivity contribution < 1.29 is 9.13 Å². The molecule has 1 aromatic carbocycles. The number of rotatable bonds is 4. The normalized spacial score (nSPS) is 24.8. The molecule has 3 nitrogen and oxygen atoms in total. The molecule has 1 aliphatic heterocycles. The highest BCUT2D eigenvalue weighted by molar-refractivity contribution is 5.50. The van der Waals surface area contributed by atoms with Gasteiger partial charge >= 0.3 is 0 Å². The quantitative estimate of drug-likeness (QED) is 0.917. The van der Waals surface area contributed by atoms with Gasteiger partial charge in [0.2, 0.25) is 0 Å². The fourth-order valence-electron chi connectivity index (χ4n) is 2.79. The highest BCUT2D eigenvalue weighted by atomic mass is 19.1. The van der Waals surface area contributed by atoms with E-state index in [9.17, 15) is 4.39 Å². The van der Waals surface area contributed by atoms with Crippen molar-refractivity contribution in [3.63, 3.8) is 0 Å². The van der Waals surface area contributed by atoms with Crippen LogP contribution in [0, 0.1) is 5.82 Å². The van der Waals surface area contributed by atoms with Gasteiger partial charge in [-0.25, -0.2) is 4.39 Å². The Morgan fingerprint density at radius 1 is 1.45 bits per heavy atom. The van der Waals surface area contributed by atoms with E-state index in [1.54, 1.807) is 13.2 Å². The molecule has 0 aliphatic carbocycles. The van der Waals surface area contributed by atoms with Crippen LogP contribution in [0.1, 0.15) is 38.3 Å². The molecule has 2 rings (SSSR count). The lowest BCUT2D eigenvalue weighted by Gasteiger charge is -2.40. The number of nitrogens with zero attached hydrogens (tertiary/aromatic N) is 1. The fourth-order valence-corrected chi connectivity index (χ4v) is 2.79. The van der Waals surface area contributed by atoms with Crippen LogP contribution in [-0.4, -0.2) is 32.8 Å². The molecule has 1 aromatic rings. The second-order valence-electron chi connectivity index (χ2n) is 5.90. The summed E-state index contributed by atoms with van der Waals surface area (Å²) >= 11 is 0. The average molecular weight is 280 g/mol. The van der Waals surface area contributed by atoms with Gasteiger partial charge in [-0.1, -0.05) is 6.07 Å². The summed E-state index contributed by atoms with van der Waals surface area (Å²) in [5, 5.41) is 3.13. The zero-order valence-corrected chi connectivity index (χ0v) is 12.9. The summed E-state index contributed by atoms with van der Waals surface area (Å²) in [5.41, 5.74) is 1.47. The van der Waals surface area contributed by atoms with Crippen molar-refractivity contribution in [2.75, 3.05) is 32.1 Å². The third kappa shape index (κ3) is 3.13. The Balaban J connectivity index is 2.20. The third-order valence-corrected chi connectivity index (χ3v) is 4.40. The van der Waals surface area contributed by atoms with Crippen LogP contribution in [0.5, 0.6) is 0 Å². The molecule has 2 unspecified atom stereocenters. The average Bonchev–Trinajstić information content (AvgIpc) is 2.46. The maximum absolute atomic E-state index is 14.4. The summed E-state index contributed by atoms with van der Waals surface area (Å²) in [7, 11) is 3.61. The summed E-state index contributed by atoms with van der Waals surface area (Å²) in [6.45, 7) is 5.74. The fraction of sp³-hybridized carbons (Fsp3) is 0.625. The van der Waals surface area contributed by atoms with Crippen molar-refractivity contribution in [1.82, 2.24) is 5.32 Å². The summed E-state index contributed by atoms with van der Waals surface area (Å²) in [6.07, 6.45) is 2.05. The van der Waals surface area contributed by atoms with Crippen LogP contribution in [0.25, 0.3) is 0 Å². The van der Waals surface area contributed by atoms with Crippen LogP contribution in [0.2, 0.25) is 0 Å². The number of hydrogen-bond donors (Lipinski definition) is 1. The predicted molar refractivity (Wildman–Crippen MR) is 80.7 cm³/mol. The molecule has 0 saturated carbocycles. The maximum Gasteiger partial charge on any atom is 0.146 e. The molecule has 0 aromatic heterocycles. The first-order chi connectivity index (χ1) is 9.49. The molecule has 0 radical (unpaired) electrons. The molecule has 112 valence electrons. The monoisotopic (exact) mass is 280 g/mol. The number of benzene rings is 1. The van der Waals surface area contributed by atoms with Crippen LogP contribution < -0.4 is 10.2 Å². The zero-order chi connectivity index (χ0) is 14.8. The Morgan fingerprint density at radius 2 is 2.20 bits per heavy atom. The van der Waals surface area contributed by atoms with Crippen molar-refractivity contribution in [2.45, 2.75) is 38.3 Å². The number of halogens is 1. The Morgan fingerprint density at radius 3 is 2.80 bits per heavy atom. The minimum Gasteiger partial charge on any atom is -0.377 e. The van der Waals surface area contributed by atoms with Crippen LogP contribution in [0.3, 0.4) is 0 Å². The number of anilines is 1. The Hall–Kier alpha value is -1.13. The highest BCUT2D eigenvalue weighted by Gasteiger charge is 2.31. The van der Waals surface area contributed by atoms with E-state index < -0.39 is 0 Å². The lowest BCUT2D eigenvalue weighted by Crippen LogP contribution is -2.47. The molecule has 0 spiro atoms. The Kier molecular flexibility index (Phi) is 4.66. The van der Waals surface area contributed by atoms with Crippen molar-refractivity contribution in [3.8, 4) is 0 Å². The van der Waals surface area contributed by atoms with Crippen molar-refractivity contribution in [3.05, 3.63) is 29.6 Å². The van der Waals surface area contributed by atoms with Gasteiger partial charge in [-0.05, 0) is 51.4 Å². The van der Waals surface area contributed by atoms with Gasteiger partial charge in [0.25, 0.3) is 0 Å². The van der Waals surface area contributed by atoms with Gasteiger partial charge < -0.3 is 15.0 Å². The standard InChI is InChI=1S/C16H25FN2O/c1-12(18-3)13-6-7-15(14(17)10-13)19-9-5-8-16(2,11-19)20-4/h6-7,10,12,18H,5,8-9,11H2,1-4H3. The van der Waals surface area contributed by atoms with Gasteiger partial charge in [0, 0.05) is 26.2 Å². The molecule has 0 bridgehead atoms. The van der Waals surface area contributed by atoms with Gasteiger partial charge in [-0.15, -0.1) is 0 Å². The maximum atomic E-state index is 14.4. The molecule has 1 heterocycles. The number of ether oxygens (including phenoxy) is 1. The van der Waals surface area contributed by atoms with E-state index in [1.165, 1.54) is 0 Å². The highest BCUT2D eigenvalue weighted by Crippen LogP contribution is 2.30. The molecule has 1 fully saturated rings. The molecule has 4 heteroatoms. The van der Waals surface area contributed by atoms with E-state index in [4.69, 9.17) is 4.74 Å². The van der Waals surface area contributed by atoms with Gasteiger partial charge in [-0.2, -0.15) is 0 Å². The van der Waals surface area contributed by atoms with Crippen molar-refractivity contribution >= 4 is 5.69 Å². The van der Waals surface area contributed by atoms with Crippen LogP contribution in [-0.2, 0) is 4.74 Å². The van der Waals surface area contributed by atoms with E-state index in [0.717, 1.165) is 31.5 Å². The lowest BCUT2D eigenvalue weighted by atomic mass is 9.94. The zero-order valence-electron chi connectivity index (χ0n) is 12.9. The minimum atomic E-state index is -0.179. The van der Waals surface area contributed by atoms with E-state index >= 15 is 0 Å². The molecule has 1 aliphatic rings. The molecule has 1 saturated heterocycles. The van der Waals surface area contributed by atoms with E-state index in [-0.39, 0.29) is 17.5 Å². The summed E-state index contributed by atoms with van der Waals surface area (Å²) in [6, 6.07) is 5.68. The molecular formula is C16H25FN2O. The second kappa shape index (κ2) is 6.10. The first-order valence-electron chi connectivity index (χ1n) is 7.26. The predicted octanol–water partition coefficient (Wildman–Crippen LogP) is 3.11. The van der Waals surface area contributed by atoms with Gasteiger partial charge in [-0.3, -0.25) is 0 Å². The largest absolute Gasteiger partial charge is 0.377 e. The van der Waals surface area contributed by atoms with E-state index in [0.29, 0.717) is 5.69 Å². The Labute approximate surface area is 121 Å². The molecular weight excluding hydrogens is 255 g/mol. The van der Waals surface area contributed by atoms with Crippen molar-refractivity contribution in [2.24, 2.45) is 0 Å². The summed E-state index contributed by atoms with van der Waals surface area (Å²) < 4.78 is 20.0. The first-order valence-corrected chi connectivity index (χ1v) is 7.26.